The van der Waals surface area contributed by atoms with Crippen LogP contribution in [-0.2, 0) is 24.2 Å². The molecule has 0 saturated carbocycles. The Hall–Kier alpha value is -3.62. The summed E-state index contributed by atoms with van der Waals surface area (Å²) in [5.41, 5.74) is 1.23. The minimum atomic E-state index is -0.283. The second kappa shape index (κ2) is 10.8. The van der Waals surface area contributed by atoms with Gasteiger partial charge >= 0.3 is 0 Å². The van der Waals surface area contributed by atoms with Crippen LogP contribution in [0.3, 0.4) is 0 Å². The molecule has 0 spiro atoms. The van der Waals surface area contributed by atoms with E-state index in [0.29, 0.717) is 61.3 Å². The van der Waals surface area contributed by atoms with Gasteiger partial charge in [-0.2, -0.15) is 9.97 Å². The Bertz CT molecular complexity index is 1180. The zero-order valence-corrected chi connectivity index (χ0v) is 18.8. The molecule has 0 bridgehead atoms. The van der Waals surface area contributed by atoms with Crippen molar-refractivity contribution in [1.29, 1.82) is 0 Å². The molecule has 3 heterocycles. The van der Waals surface area contributed by atoms with Crippen molar-refractivity contribution < 1.29 is 9.32 Å². The molecule has 1 aromatic carbocycles. The monoisotopic (exact) mass is 448 g/mol. The molecule has 0 fully saturated rings. The van der Waals surface area contributed by atoms with Crippen molar-refractivity contribution in [3.63, 3.8) is 0 Å². The first-order chi connectivity index (χ1) is 16.2. The number of anilines is 1. The first kappa shape index (κ1) is 22.6. The second-order valence-electron chi connectivity index (χ2n) is 8.04. The van der Waals surface area contributed by atoms with Gasteiger partial charge in [0.1, 0.15) is 5.82 Å². The average Bonchev–Trinajstić information content (AvgIpc) is 3.50. The number of carbonyl (C=O) groups excluding carboxylic acids is 1. The molecule has 0 amide bonds. The quantitative estimate of drug-likeness (QED) is 0.420. The SMILES string of the molecule is CCCCCn1c(NCC(=O)CCCc2nc(-c3ccccc3)no2)nc(=O)c2c1N=CC2. The summed E-state index contributed by atoms with van der Waals surface area (Å²) in [6.07, 6.45) is 6.86. The first-order valence-electron chi connectivity index (χ1n) is 11.5. The molecule has 4 rings (SSSR count). The van der Waals surface area contributed by atoms with E-state index in [0.717, 1.165) is 24.8 Å². The highest BCUT2D eigenvalue weighted by molar-refractivity contribution is 5.82. The number of nitrogens with one attached hydrogen (secondary N) is 1. The van der Waals surface area contributed by atoms with Crippen LogP contribution in [0.15, 0.2) is 44.6 Å². The van der Waals surface area contributed by atoms with Gasteiger partial charge in [0.15, 0.2) is 5.78 Å². The number of benzene rings is 1. The third-order valence-electron chi connectivity index (χ3n) is 5.53. The average molecular weight is 449 g/mol. The van der Waals surface area contributed by atoms with Crippen LogP contribution < -0.4 is 10.9 Å². The lowest BCUT2D eigenvalue weighted by atomic mass is 10.1. The lowest BCUT2D eigenvalue weighted by molar-refractivity contribution is -0.117. The number of ketones is 1. The van der Waals surface area contributed by atoms with Crippen LogP contribution in [0.25, 0.3) is 11.4 Å². The summed E-state index contributed by atoms with van der Waals surface area (Å²) in [5.74, 6) is 2.15. The molecule has 172 valence electrons. The molecular weight excluding hydrogens is 420 g/mol. The molecule has 1 aliphatic heterocycles. The topological polar surface area (TPSA) is 115 Å². The lowest BCUT2D eigenvalue weighted by Gasteiger charge is -2.16. The Morgan fingerprint density at radius 2 is 2.00 bits per heavy atom. The van der Waals surface area contributed by atoms with Crippen molar-refractivity contribution in [3.8, 4) is 11.4 Å². The van der Waals surface area contributed by atoms with E-state index >= 15 is 0 Å². The second-order valence-corrected chi connectivity index (χ2v) is 8.04. The predicted molar refractivity (Wildman–Crippen MR) is 126 cm³/mol. The largest absolute Gasteiger partial charge is 0.348 e. The molecular formula is C24H28N6O3. The fourth-order valence-electron chi connectivity index (χ4n) is 3.76. The summed E-state index contributed by atoms with van der Waals surface area (Å²) in [4.78, 5) is 37.8. The van der Waals surface area contributed by atoms with Gasteiger partial charge in [-0.25, -0.2) is 4.99 Å². The van der Waals surface area contributed by atoms with Crippen LogP contribution in [0.5, 0.6) is 0 Å². The van der Waals surface area contributed by atoms with E-state index in [9.17, 15) is 9.59 Å². The van der Waals surface area contributed by atoms with Crippen molar-refractivity contribution in [2.24, 2.45) is 4.99 Å². The van der Waals surface area contributed by atoms with Crippen LogP contribution in [0.4, 0.5) is 11.8 Å². The summed E-state index contributed by atoms with van der Waals surface area (Å²) >= 11 is 0. The van der Waals surface area contributed by atoms with Crippen molar-refractivity contribution in [1.82, 2.24) is 19.7 Å². The number of rotatable bonds is 12. The molecule has 0 atom stereocenters. The van der Waals surface area contributed by atoms with Gasteiger partial charge in [0, 0.05) is 37.6 Å². The van der Waals surface area contributed by atoms with Gasteiger partial charge in [-0.3, -0.25) is 14.2 Å². The number of Topliss-reactive ketones (excluding diaryl/α,β-unsaturated/α-hetero) is 1. The molecule has 1 aliphatic rings. The normalized spacial score (nSPS) is 12.2. The number of fused-ring (bicyclic) bond motifs is 1. The smallest absolute Gasteiger partial charge is 0.280 e. The first-order valence-corrected chi connectivity index (χ1v) is 11.5. The van der Waals surface area contributed by atoms with Gasteiger partial charge in [-0.05, 0) is 12.8 Å². The Morgan fingerprint density at radius 1 is 1.15 bits per heavy atom. The van der Waals surface area contributed by atoms with E-state index in [1.807, 2.05) is 34.9 Å². The fraction of sp³-hybridized carbons (Fsp3) is 0.417. The highest BCUT2D eigenvalue weighted by Gasteiger charge is 2.19. The highest BCUT2D eigenvalue weighted by atomic mass is 16.5. The van der Waals surface area contributed by atoms with E-state index in [1.54, 1.807) is 6.21 Å². The third kappa shape index (κ3) is 5.60. The number of aliphatic imine (C=N–C) groups is 1. The van der Waals surface area contributed by atoms with E-state index in [2.05, 4.69) is 32.4 Å². The number of nitrogens with zero attached hydrogens (tertiary/aromatic N) is 5. The standard InChI is InChI=1S/C24H28N6O3/c1-2-3-7-15-30-22-19(13-14-25-22)23(32)28-24(30)26-16-18(31)11-8-12-20-27-21(29-33-20)17-9-5-4-6-10-17/h4-6,9-10,14H,2-3,7-8,11-13,15-16H2,1H3,(H,26,28,32). The van der Waals surface area contributed by atoms with Gasteiger partial charge in [0.2, 0.25) is 17.7 Å². The maximum Gasteiger partial charge on any atom is 0.280 e. The maximum absolute atomic E-state index is 12.4. The number of hydrogen-bond donors (Lipinski definition) is 1. The van der Waals surface area contributed by atoms with Crippen LogP contribution in [0.1, 0.15) is 50.5 Å². The van der Waals surface area contributed by atoms with Crippen molar-refractivity contribution >= 4 is 23.8 Å². The molecule has 0 unspecified atom stereocenters. The Morgan fingerprint density at radius 3 is 2.82 bits per heavy atom. The summed E-state index contributed by atoms with van der Waals surface area (Å²) < 4.78 is 7.22. The van der Waals surface area contributed by atoms with E-state index < -0.39 is 0 Å². The fourth-order valence-corrected chi connectivity index (χ4v) is 3.76. The van der Waals surface area contributed by atoms with Gasteiger partial charge in [0.25, 0.3) is 5.56 Å². The Labute approximate surface area is 192 Å². The van der Waals surface area contributed by atoms with Gasteiger partial charge < -0.3 is 9.84 Å². The number of unbranched alkanes of at least 4 members (excludes halogenated alkanes) is 2. The maximum atomic E-state index is 12.4. The number of hydrogen-bond acceptors (Lipinski definition) is 8. The van der Waals surface area contributed by atoms with Crippen LogP contribution in [0, 0.1) is 0 Å². The summed E-state index contributed by atoms with van der Waals surface area (Å²) in [5, 5.41) is 7.06. The van der Waals surface area contributed by atoms with Crippen molar-refractivity contribution in [2.45, 2.75) is 58.4 Å². The number of carbonyl (C=O) groups is 1. The molecule has 1 N–H and O–H groups in total. The highest BCUT2D eigenvalue weighted by Crippen LogP contribution is 2.24. The van der Waals surface area contributed by atoms with E-state index in [-0.39, 0.29) is 17.9 Å². The van der Waals surface area contributed by atoms with Crippen LogP contribution in [0.2, 0.25) is 0 Å². The molecule has 0 radical (unpaired) electrons. The predicted octanol–water partition coefficient (Wildman–Crippen LogP) is 3.75. The van der Waals surface area contributed by atoms with Gasteiger partial charge in [-0.1, -0.05) is 55.3 Å². The summed E-state index contributed by atoms with van der Waals surface area (Å²) in [7, 11) is 0. The van der Waals surface area contributed by atoms with Crippen molar-refractivity contribution in [3.05, 3.63) is 52.1 Å². The van der Waals surface area contributed by atoms with Gasteiger partial charge in [0.05, 0.1) is 12.1 Å². The summed E-state index contributed by atoms with van der Waals surface area (Å²) in [6.45, 7) is 2.95. The molecule has 33 heavy (non-hydrogen) atoms. The summed E-state index contributed by atoms with van der Waals surface area (Å²) in [6, 6.07) is 9.61. The van der Waals surface area contributed by atoms with Crippen LogP contribution >= 0.6 is 0 Å². The number of aromatic nitrogens is 4. The minimum absolute atomic E-state index is 0.0242. The Balaban J connectivity index is 1.31. The Kier molecular flexibility index (Phi) is 7.39. The molecule has 0 saturated heterocycles. The molecule has 9 nitrogen and oxygen atoms in total. The third-order valence-corrected chi connectivity index (χ3v) is 5.53. The number of aryl methyl sites for hydroxylation is 1. The molecule has 9 heteroatoms. The molecule has 3 aromatic rings. The van der Waals surface area contributed by atoms with Crippen molar-refractivity contribution in [2.75, 3.05) is 11.9 Å². The molecule has 0 aliphatic carbocycles. The van der Waals surface area contributed by atoms with Gasteiger partial charge in [-0.15, -0.1) is 0 Å². The van der Waals surface area contributed by atoms with E-state index in [1.165, 1.54) is 0 Å². The zero-order valence-electron chi connectivity index (χ0n) is 18.8. The van der Waals surface area contributed by atoms with E-state index in [4.69, 9.17) is 4.52 Å². The minimum Gasteiger partial charge on any atom is -0.348 e. The zero-order chi connectivity index (χ0) is 23.0. The van der Waals surface area contributed by atoms with Crippen LogP contribution in [-0.4, -0.2) is 38.2 Å². The molecule has 2 aromatic heterocycles. The lowest BCUT2D eigenvalue weighted by Crippen LogP contribution is -2.24.